The number of ether oxygens (including phenoxy) is 1. The molecule has 0 aliphatic carbocycles. The zero-order chi connectivity index (χ0) is 19.3. The lowest BCUT2D eigenvalue weighted by Crippen LogP contribution is -2.46. The zero-order valence-electron chi connectivity index (χ0n) is 16.6. The Morgan fingerprint density at radius 1 is 1.12 bits per heavy atom. The van der Waals surface area contributed by atoms with E-state index >= 15 is 0 Å². The van der Waals surface area contributed by atoms with Crippen LogP contribution in [0.3, 0.4) is 0 Å². The quantitative estimate of drug-likeness (QED) is 0.817. The third-order valence-electron chi connectivity index (χ3n) is 4.60. The Labute approximate surface area is 156 Å². The lowest BCUT2D eigenvalue weighted by molar-refractivity contribution is -0.123. The molecule has 0 bridgehead atoms. The smallest absolute Gasteiger partial charge is 0.338 e. The van der Waals surface area contributed by atoms with Crippen LogP contribution < -0.4 is 10.2 Å². The van der Waals surface area contributed by atoms with Gasteiger partial charge in [-0.05, 0) is 31.7 Å². The first-order chi connectivity index (χ1) is 12.3. The van der Waals surface area contributed by atoms with Crippen molar-refractivity contribution in [2.24, 2.45) is 5.41 Å². The average Bonchev–Trinajstić information content (AvgIpc) is 2.61. The molecule has 1 aromatic rings. The second-order valence-electron chi connectivity index (χ2n) is 7.58. The Hall–Kier alpha value is -2.08. The minimum Gasteiger partial charge on any atom is -0.462 e. The van der Waals surface area contributed by atoms with Crippen LogP contribution in [0.5, 0.6) is 0 Å². The number of rotatable bonds is 5. The molecular formula is C20H31N3O3. The summed E-state index contributed by atoms with van der Waals surface area (Å²) in [5.74, 6) is -0.451. The van der Waals surface area contributed by atoms with E-state index in [0.29, 0.717) is 17.9 Å². The number of carbonyl (C=O) groups excluding carboxylic acids is 2. The van der Waals surface area contributed by atoms with Crippen LogP contribution in [-0.2, 0) is 9.53 Å². The number of benzene rings is 1. The summed E-state index contributed by atoms with van der Waals surface area (Å²) in [5.41, 5.74) is 1.55. The lowest BCUT2D eigenvalue weighted by atomic mass is 9.95. The van der Waals surface area contributed by atoms with Gasteiger partial charge in [-0.3, -0.25) is 4.79 Å². The van der Waals surface area contributed by atoms with Gasteiger partial charge in [0.25, 0.3) is 0 Å². The minimum absolute atomic E-state index is 0.0769. The maximum Gasteiger partial charge on any atom is 0.338 e. The first kappa shape index (κ1) is 20.2. The second kappa shape index (κ2) is 8.54. The number of likely N-dealkylation sites (N-methyl/N-ethyl adjacent to an activating group) is 1. The number of nitrogens with one attached hydrogen (secondary N) is 1. The van der Waals surface area contributed by atoms with Crippen LogP contribution in [0, 0.1) is 5.41 Å². The number of carbonyl (C=O) groups is 2. The Kier molecular flexibility index (Phi) is 6.64. The molecule has 1 fully saturated rings. The third-order valence-corrected chi connectivity index (χ3v) is 4.60. The van der Waals surface area contributed by atoms with Gasteiger partial charge in [-0.25, -0.2) is 4.79 Å². The normalized spacial score (nSPS) is 15.7. The van der Waals surface area contributed by atoms with Crippen LogP contribution in [0.1, 0.15) is 45.0 Å². The summed E-state index contributed by atoms with van der Waals surface area (Å²) < 4.78 is 5.10. The van der Waals surface area contributed by atoms with Crippen LogP contribution in [0.15, 0.2) is 18.2 Å². The number of piperazine rings is 1. The van der Waals surface area contributed by atoms with Gasteiger partial charge in [0.1, 0.15) is 0 Å². The summed E-state index contributed by atoms with van der Waals surface area (Å²) >= 11 is 0. The van der Waals surface area contributed by atoms with E-state index in [1.54, 1.807) is 19.1 Å². The Morgan fingerprint density at radius 2 is 1.77 bits per heavy atom. The van der Waals surface area contributed by atoms with E-state index in [-0.39, 0.29) is 11.9 Å². The summed E-state index contributed by atoms with van der Waals surface area (Å²) in [4.78, 5) is 29.3. The van der Waals surface area contributed by atoms with Gasteiger partial charge in [0, 0.05) is 31.6 Å². The van der Waals surface area contributed by atoms with Crippen LogP contribution in [0.2, 0.25) is 0 Å². The first-order valence-corrected chi connectivity index (χ1v) is 9.36. The molecule has 0 saturated carbocycles. The monoisotopic (exact) mass is 361 g/mol. The number of nitrogens with zero attached hydrogens (tertiary/aromatic N) is 2. The highest BCUT2D eigenvalue weighted by Gasteiger charge is 2.25. The van der Waals surface area contributed by atoms with E-state index in [0.717, 1.165) is 38.4 Å². The topological polar surface area (TPSA) is 61.9 Å². The molecule has 1 aliphatic heterocycles. The molecule has 6 nitrogen and oxygen atoms in total. The molecule has 0 atom stereocenters. The van der Waals surface area contributed by atoms with Gasteiger partial charge in [0.2, 0.25) is 5.91 Å². The van der Waals surface area contributed by atoms with Crippen molar-refractivity contribution in [2.75, 3.05) is 49.5 Å². The van der Waals surface area contributed by atoms with E-state index in [2.05, 4.69) is 22.0 Å². The maximum atomic E-state index is 12.5. The van der Waals surface area contributed by atoms with Crippen molar-refractivity contribution in [1.29, 1.82) is 0 Å². The van der Waals surface area contributed by atoms with Crippen molar-refractivity contribution in [2.45, 2.75) is 34.6 Å². The van der Waals surface area contributed by atoms with E-state index in [1.807, 2.05) is 26.8 Å². The molecule has 6 heteroatoms. The second-order valence-corrected chi connectivity index (χ2v) is 7.58. The predicted molar refractivity (Wildman–Crippen MR) is 105 cm³/mol. The molecule has 0 spiro atoms. The largest absolute Gasteiger partial charge is 0.462 e. The van der Waals surface area contributed by atoms with Gasteiger partial charge in [-0.1, -0.05) is 27.7 Å². The molecule has 1 saturated heterocycles. The zero-order valence-corrected chi connectivity index (χ0v) is 16.6. The van der Waals surface area contributed by atoms with Gasteiger partial charge in [0.05, 0.1) is 23.5 Å². The molecule has 0 unspecified atom stereocenters. The predicted octanol–water partition coefficient (Wildman–Crippen LogP) is 2.99. The number of hydrogen-bond acceptors (Lipinski definition) is 5. The number of anilines is 2. The molecule has 26 heavy (non-hydrogen) atoms. The van der Waals surface area contributed by atoms with Crippen molar-refractivity contribution in [3.63, 3.8) is 0 Å². The van der Waals surface area contributed by atoms with Crippen LogP contribution >= 0.6 is 0 Å². The van der Waals surface area contributed by atoms with Crippen molar-refractivity contribution in [3.05, 3.63) is 23.8 Å². The van der Waals surface area contributed by atoms with Gasteiger partial charge in [-0.15, -0.1) is 0 Å². The SMILES string of the molecule is CCOC(=O)c1ccc(N2CCN(CC)CC2)c(NC(=O)C(C)(C)C)c1. The lowest BCUT2D eigenvalue weighted by Gasteiger charge is -2.36. The first-order valence-electron chi connectivity index (χ1n) is 9.36. The van der Waals surface area contributed by atoms with E-state index < -0.39 is 5.41 Å². The minimum atomic E-state index is -0.516. The Bertz CT molecular complexity index is 644. The van der Waals surface area contributed by atoms with Crippen molar-refractivity contribution < 1.29 is 14.3 Å². The summed E-state index contributed by atoms with van der Waals surface area (Å²) in [7, 11) is 0. The van der Waals surface area contributed by atoms with E-state index in [4.69, 9.17) is 4.74 Å². The number of hydrogen-bond donors (Lipinski definition) is 1. The van der Waals surface area contributed by atoms with Crippen LogP contribution in [0.4, 0.5) is 11.4 Å². The number of esters is 1. The Morgan fingerprint density at radius 3 is 2.31 bits per heavy atom. The van der Waals surface area contributed by atoms with Crippen LogP contribution in [-0.4, -0.2) is 56.1 Å². The molecule has 1 amide bonds. The number of amides is 1. The molecule has 0 radical (unpaired) electrons. The standard InChI is InChI=1S/C20H31N3O3/c1-6-22-10-12-23(13-11-22)17-9-8-15(18(24)26-7-2)14-16(17)21-19(25)20(3,4)5/h8-9,14H,6-7,10-13H2,1-5H3,(H,21,25). The Balaban J connectivity index is 2.30. The van der Waals surface area contributed by atoms with Crippen molar-refractivity contribution in [3.8, 4) is 0 Å². The molecule has 1 aliphatic rings. The molecule has 0 aromatic heterocycles. The summed E-state index contributed by atoms with van der Waals surface area (Å²) in [6, 6.07) is 5.40. The van der Waals surface area contributed by atoms with Crippen molar-refractivity contribution >= 4 is 23.3 Å². The highest BCUT2D eigenvalue weighted by molar-refractivity contribution is 6.00. The fraction of sp³-hybridized carbons (Fsp3) is 0.600. The fourth-order valence-electron chi connectivity index (χ4n) is 2.87. The molecular weight excluding hydrogens is 330 g/mol. The summed E-state index contributed by atoms with van der Waals surface area (Å²) in [5, 5.41) is 3.01. The molecule has 2 rings (SSSR count). The fourth-order valence-corrected chi connectivity index (χ4v) is 2.87. The van der Waals surface area contributed by atoms with Gasteiger partial charge in [0.15, 0.2) is 0 Å². The highest BCUT2D eigenvalue weighted by atomic mass is 16.5. The van der Waals surface area contributed by atoms with Gasteiger partial charge in [-0.2, -0.15) is 0 Å². The molecule has 1 N–H and O–H groups in total. The molecule has 144 valence electrons. The summed E-state index contributed by atoms with van der Waals surface area (Å²) in [6.45, 7) is 14.7. The van der Waals surface area contributed by atoms with Crippen LogP contribution in [0.25, 0.3) is 0 Å². The molecule has 1 aromatic carbocycles. The van der Waals surface area contributed by atoms with E-state index in [1.165, 1.54) is 0 Å². The maximum absolute atomic E-state index is 12.5. The third kappa shape index (κ3) is 4.97. The van der Waals surface area contributed by atoms with Gasteiger partial charge < -0.3 is 19.9 Å². The van der Waals surface area contributed by atoms with E-state index in [9.17, 15) is 9.59 Å². The van der Waals surface area contributed by atoms with Crippen molar-refractivity contribution in [1.82, 2.24) is 4.90 Å². The van der Waals surface area contributed by atoms with Gasteiger partial charge >= 0.3 is 5.97 Å². The molecule has 1 heterocycles. The average molecular weight is 361 g/mol. The highest BCUT2D eigenvalue weighted by Crippen LogP contribution is 2.30. The summed E-state index contributed by atoms with van der Waals surface area (Å²) in [6.07, 6.45) is 0.